The van der Waals surface area contributed by atoms with Crippen molar-refractivity contribution in [3.8, 4) is 17.0 Å². The van der Waals surface area contributed by atoms with Crippen molar-refractivity contribution in [2.75, 3.05) is 39.4 Å². The number of carbonyl (C=O) groups excluding carboxylic acids is 1. The fourth-order valence-electron chi connectivity index (χ4n) is 3.64. The monoisotopic (exact) mass is 400 g/mol. The third kappa shape index (κ3) is 4.31. The number of nitrogens with one attached hydrogen (secondary N) is 2. The zero-order chi connectivity index (χ0) is 20.2. The number of anilines is 1. The highest BCUT2D eigenvalue weighted by Gasteiger charge is 2.48. The van der Waals surface area contributed by atoms with E-state index in [0.29, 0.717) is 19.2 Å². The molecule has 154 valence electrons. The van der Waals surface area contributed by atoms with Gasteiger partial charge in [0.25, 0.3) is 0 Å². The molecule has 2 N–H and O–H groups in total. The molecular weight excluding hydrogens is 376 g/mol. The highest BCUT2D eigenvalue weighted by atomic mass is 16.6. The largest absolute Gasteiger partial charge is 0.497 e. The van der Waals surface area contributed by atoms with Crippen LogP contribution in [0.4, 0.5) is 5.95 Å². The van der Waals surface area contributed by atoms with E-state index < -0.39 is 0 Å². The van der Waals surface area contributed by atoms with E-state index in [-0.39, 0.29) is 36.8 Å². The first-order chi connectivity index (χ1) is 14.2. The Morgan fingerprint density at radius 3 is 2.55 bits per heavy atom. The Kier molecular flexibility index (Phi) is 5.89. The fraction of sp³-hybridized carbons (Fsp3) is 0.450. The Labute approximate surface area is 168 Å². The van der Waals surface area contributed by atoms with Crippen molar-refractivity contribution >= 4 is 11.9 Å². The second-order valence-electron chi connectivity index (χ2n) is 6.95. The molecule has 4 atom stereocenters. The number of amides is 1. The quantitative estimate of drug-likeness (QED) is 0.705. The van der Waals surface area contributed by atoms with Crippen molar-refractivity contribution in [1.82, 2.24) is 15.3 Å². The van der Waals surface area contributed by atoms with Crippen LogP contribution in [-0.2, 0) is 19.0 Å². The van der Waals surface area contributed by atoms with Crippen LogP contribution in [0.2, 0.25) is 0 Å². The molecule has 1 amide bonds. The molecule has 9 nitrogen and oxygen atoms in total. The van der Waals surface area contributed by atoms with Crippen molar-refractivity contribution in [3.63, 3.8) is 0 Å². The summed E-state index contributed by atoms with van der Waals surface area (Å²) in [4.78, 5) is 20.7. The zero-order valence-electron chi connectivity index (χ0n) is 16.3. The molecule has 29 heavy (non-hydrogen) atoms. The summed E-state index contributed by atoms with van der Waals surface area (Å²) in [6, 6.07) is 9.25. The van der Waals surface area contributed by atoms with Crippen LogP contribution in [0.3, 0.4) is 0 Å². The lowest BCUT2D eigenvalue weighted by molar-refractivity contribution is -0.126. The van der Waals surface area contributed by atoms with Crippen LogP contribution in [0.5, 0.6) is 5.75 Å². The van der Waals surface area contributed by atoms with Crippen LogP contribution < -0.4 is 15.4 Å². The first kappa shape index (κ1) is 19.6. The van der Waals surface area contributed by atoms with E-state index in [1.54, 1.807) is 13.3 Å². The molecule has 0 saturated carbocycles. The summed E-state index contributed by atoms with van der Waals surface area (Å²) in [6.07, 6.45) is 1.32. The number of hydrogen-bond acceptors (Lipinski definition) is 8. The maximum atomic E-state index is 11.8. The van der Waals surface area contributed by atoms with Gasteiger partial charge in [-0.3, -0.25) is 4.79 Å². The molecule has 2 aromatic rings. The minimum atomic E-state index is -0.210. The van der Waals surface area contributed by atoms with E-state index >= 15 is 0 Å². The average Bonchev–Trinajstić information content (AvgIpc) is 3.32. The van der Waals surface area contributed by atoms with E-state index in [2.05, 4.69) is 20.6 Å². The summed E-state index contributed by atoms with van der Waals surface area (Å²) in [7, 11) is 3.12. The SMILES string of the molecule is COCC(=O)N[C@@H]1CO[C@@H]2[C@@H]1OC[C@@H]2Nc1nccc(-c2ccc(OC)cc2)n1. The zero-order valence-corrected chi connectivity index (χ0v) is 16.3. The van der Waals surface area contributed by atoms with Gasteiger partial charge in [-0.25, -0.2) is 9.97 Å². The van der Waals surface area contributed by atoms with Crippen molar-refractivity contribution in [3.05, 3.63) is 36.5 Å². The molecule has 2 fully saturated rings. The van der Waals surface area contributed by atoms with Gasteiger partial charge in [0.2, 0.25) is 11.9 Å². The molecule has 0 unspecified atom stereocenters. The van der Waals surface area contributed by atoms with E-state index in [1.165, 1.54) is 7.11 Å². The Hall–Kier alpha value is -2.75. The number of rotatable bonds is 7. The summed E-state index contributed by atoms with van der Waals surface area (Å²) in [6.45, 7) is 0.860. The number of nitrogens with zero attached hydrogens (tertiary/aromatic N) is 2. The van der Waals surface area contributed by atoms with E-state index in [1.807, 2.05) is 30.3 Å². The second kappa shape index (κ2) is 8.73. The van der Waals surface area contributed by atoms with Gasteiger partial charge in [0.1, 0.15) is 24.6 Å². The minimum absolute atomic E-state index is 0.0154. The van der Waals surface area contributed by atoms with Crippen LogP contribution in [-0.4, -0.2) is 74.2 Å². The number of methoxy groups -OCH3 is 2. The van der Waals surface area contributed by atoms with Gasteiger partial charge in [-0.1, -0.05) is 0 Å². The average molecular weight is 400 g/mol. The standard InChI is InChI=1S/C20H24N4O5/c1-26-11-17(25)22-15-9-28-19-16(10-29-18(15)19)24-20-21-8-7-14(23-20)12-3-5-13(27-2)6-4-12/h3-8,15-16,18-19H,9-11H2,1-2H3,(H,22,25)(H,21,23,24)/t15-,16+,18-,19+/m1/s1. The first-order valence-corrected chi connectivity index (χ1v) is 9.43. The summed E-state index contributed by atoms with van der Waals surface area (Å²) >= 11 is 0. The molecule has 1 aromatic heterocycles. The predicted octanol–water partition coefficient (Wildman–Crippen LogP) is 0.862. The Morgan fingerprint density at radius 2 is 1.83 bits per heavy atom. The lowest BCUT2D eigenvalue weighted by Crippen LogP contribution is -2.45. The molecule has 0 radical (unpaired) electrons. The van der Waals surface area contributed by atoms with Crippen LogP contribution >= 0.6 is 0 Å². The van der Waals surface area contributed by atoms with Crippen LogP contribution in [0, 0.1) is 0 Å². The molecule has 1 aromatic carbocycles. The predicted molar refractivity (Wildman–Crippen MR) is 105 cm³/mol. The summed E-state index contributed by atoms with van der Waals surface area (Å²) < 4.78 is 21.8. The lowest BCUT2D eigenvalue weighted by Gasteiger charge is -2.18. The molecule has 9 heteroatoms. The molecule has 4 rings (SSSR count). The molecule has 0 bridgehead atoms. The van der Waals surface area contributed by atoms with Gasteiger partial charge in [0.15, 0.2) is 0 Å². The highest BCUT2D eigenvalue weighted by Crippen LogP contribution is 2.29. The number of ether oxygens (including phenoxy) is 4. The van der Waals surface area contributed by atoms with Gasteiger partial charge in [0, 0.05) is 18.9 Å². The van der Waals surface area contributed by atoms with Crippen molar-refractivity contribution in [2.24, 2.45) is 0 Å². The molecule has 0 spiro atoms. The highest BCUT2D eigenvalue weighted by molar-refractivity contribution is 5.77. The van der Waals surface area contributed by atoms with Crippen molar-refractivity contribution < 1.29 is 23.7 Å². The third-order valence-electron chi connectivity index (χ3n) is 5.03. The Morgan fingerprint density at radius 1 is 1.10 bits per heavy atom. The normalized spacial score (nSPS) is 25.4. The van der Waals surface area contributed by atoms with Crippen molar-refractivity contribution in [2.45, 2.75) is 24.3 Å². The van der Waals surface area contributed by atoms with Gasteiger partial charge in [-0.15, -0.1) is 0 Å². The maximum absolute atomic E-state index is 11.8. The van der Waals surface area contributed by atoms with E-state index in [0.717, 1.165) is 17.0 Å². The lowest BCUT2D eigenvalue weighted by atomic mass is 10.1. The molecule has 2 saturated heterocycles. The number of fused-ring (bicyclic) bond motifs is 1. The summed E-state index contributed by atoms with van der Waals surface area (Å²) in [5.41, 5.74) is 1.77. The Balaban J connectivity index is 1.41. The van der Waals surface area contributed by atoms with Crippen LogP contribution in [0.15, 0.2) is 36.5 Å². The van der Waals surface area contributed by atoms with Gasteiger partial charge >= 0.3 is 0 Å². The van der Waals surface area contributed by atoms with Crippen LogP contribution in [0.25, 0.3) is 11.3 Å². The van der Waals surface area contributed by atoms with Crippen molar-refractivity contribution in [1.29, 1.82) is 0 Å². The van der Waals surface area contributed by atoms with Gasteiger partial charge in [-0.05, 0) is 30.3 Å². The number of hydrogen-bond donors (Lipinski definition) is 2. The maximum Gasteiger partial charge on any atom is 0.246 e. The van der Waals surface area contributed by atoms with Gasteiger partial charge in [0.05, 0.1) is 38.1 Å². The summed E-state index contributed by atoms with van der Waals surface area (Å²) in [5.74, 6) is 1.11. The van der Waals surface area contributed by atoms with Gasteiger partial charge in [-0.2, -0.15) is 0 Å². The van der Waals surface area contributed by atoms with Crippen LogP contribution in [0.1, 0.15) is 0 Å². The molecular formula is C20H24N4O5. The first-order valence-electron chi connectivity index (χ1n) is 9.43. The summed E-state index contributed by atoms with van der Waals surface area (Å²) in [5, 5.41) is 6.20. The number of carbonyl (C=O) groups is 1. The Bertz CT molecular complexity index is 847. The topological polar surface area (TPSA) is 104 Å². The van der Waals surface area contributed by atoms with Gasteiger partial charge < -0.3 is 29.6 Å². The van der Waals surface area contributed by atoms with E-state index in [9.17, 15) is 4.79 Å². The third-order valence-corrected chi connectivity index (χ3v) is 5.03. The van der Waals surface area contributed by atoms with E-state index in [4.69, 9.17) is 18.9 Å². The minimum Gasteiger partial charge on any atom is -0.497 e. The molecule has 3 heterocycles. The molecule has 0 aliphatic carbocycles. The molecule has 2 aliphatic rings. The molecule has 2 aliphatic heterocycles. The fourth-order valence-corrected chi connectivity index (χ4v) is 3.64. The smallest absolute Gasteiger partial charge is 0.246 e. The second-order valence-corrected chi connectivity index (χ2v) is 6.95. The number of benzene rings is 1. The number of aromatic nitrogens is 2.